The highest BCUT2D eigenvalue weighted by molar-refractivity contribution is 5.93. The maximum atomic E-state index is 11.6. The van der Waals surface area contributed by atoms with E-state index >= 15 is 0 Å². The van der Waals surface area contributed by atoms with E-state index in [9.17, 15) is 4.79 Å². The molecule has 0 radical (unpaired) electrons. The maximum absolute atomic E-state index is 11.6. The summed E-state index contributed by atoms with van der Waals surface area (Å²) in [6.45, 7) is 5.65. The Hall–Kier alpha value is -1.62. The Morgan fingerprint density at radius 1 is 1.47 bits per heavy atom. The van der Waals surface area contributed by atoms with Gasteiger partial charge in [-0.3, -0.25) is 4.79 Å². The van der Waals surface area contributed by atoms with Crippen molar-refractivity contribution in [2.45, 2.75) is 33.0 Å². The first kappa shape index (κ1) is 13.4. The van der Waals surface area contributed by atoms with Crippen LogP contribution in [0, 0.1) is 0 Å². The van der Waals surface area contributed by atoms with Crippen LogP contribution in [0.1, 0.15) is 31.1 Å². The first-order chi connectivity index (χ1) is 7.99. The topological polar surface area (TPSA) is 71.5 Å². The van der Waals surface area contributed by atoms with Gasteiger partial charge in [0.05, 0.1) is 17.8 Å². The number of ether oxygens (including phenoxy) is 1. The van der Waals surface area contributed by atoms with Crippen molar-refractivity contribution in [3.05, 3.63) is 23.9 Å². The van der Waals surface area contributed by atoms with E-state index in [4.69, 9.17) is 9.84 Å². The van der Waals surface area contributed by atoms with Crippen LogP contribution in [-0.4, -0.2) is 34.8 Å². The van der Waals surface area contributed by atoms with E-state index in [2.05, 4.69) is 10.3 Å². The third kappa shape index (κ3) is 4.82. The summed E-state index contributed by atoms with van der Waals surface area (Å²) in [5, 5.41) is 11.6. The van der Waals surface area contributed by atoms with Gasteiger partial charge in [0, 0.05) is 18.8 Å². The number of hydrogen-bond donors (Lipinski definition) is 2. The number of carbonyl (C=O) groups excluding carboxylic acids is 1. The van der Waals surface area contributed by atoms with Crippen LogP contribution in [0.3, 0.4) is 0 Å². The minimum Gasteiger partial charge on any atom is -0.475 e. The lowest BCUT2D eigenvalue weighted by atomic mass is 10.2. The zero-order valence-corrected chi connectivity index (χ0v) is 10.3. The van der Waals surface area contributed by atoms with Crippen LogP contribution in [0.4, 0.5) is 0 Å². The molecular formula is C12H18N2O3. The number of rotatable bonds is 5. The number of amides is 1. The first-order valence-corrected chi connectivity index (χ1v) is 5.58. The van der Waals surface area contributed by atoms with Crippen LogP contribution < -0.4 is 10.1 Å². The third-order valence-electron chi connectivity index (χ3n) is 1.91. The van der Waals surface area contributed by atoms with Crippen molar-refractivity contribution in [1.29, 1.82) is 0 Å². The van der Waals surface area contributed by atoms with Crippen LogP contribution in [0.2, 0.25) is 0 Å². The SMILES string of the molecule is CC(O)CNC(=O)c1ccc(OC(C)C)nc1. The molecule has 1 rings (SSSR count). The highest BCUT2D eigenvalue weighted by Gasteiger charge is 2.07. The standard InChI is InChI=1S/C12H18N2O3/c1-8(2)17-11-5-4-10(7-13-11)12(16)14-6-9(3)15/h4-5,7-9,15H,6H2,1-3H3,(H,14,16). The predicted molar refractivity (Wildman–Crippen MR) is 64.0 cm³/mol. The molecule has 17 heavy (non-hydrogen) atoms. The van der Waals surface area contributed by atoms with E-state index in [1.807, 2.05) is 13.8 Å². The lowest BCUT2D eigenvalue weighted by Gasteiger charge is -2.09. The quantitative estimate of drug-likeness (QED) is 0.802. The Kier molecular flexibility index (Phi) is 4.90. The van der Waals surface area contributed by atoms with Crippen molar-refractivity contribution in [3.63, 3.8) is 0 Å². The fourth-order valence-corrected chi connectivity index (χ4v) is 1.17. The van der Waals surface area contributed by atoms with Crippen LogP contribution in [-0.2, 0) is 0 Å². The largest absolute Gasteiger partial charge is 0.475 e. The zero-order chi connectivity index (χ0) is 12.8. The number of nitrogens with zero attached hydrogens (tertiary/aromatic N) is 1. The van der Waals surface area contributed by atoms with E-state index < -0.39 is 6.10 Å². The zero-order valence-electron chi connectivity index (χ0n) is 10.3. The molecule has 1 atom stereocenters. The van der Waals surface area contributed by atoms with Crippen molar-refractivity contribution >= 4 is 5.91 Å². The summed E-state index contributed by atoms with van der Waals surface area (Å²) in [5.74, 6) is 0.238. The molecule has 1 aromatic rings. The molecule has 0 fully saturated rings. The van der Waals surface area contributed by atoms with Gasteiger partial charge in [-0.1, -0.05) is 0 Å². The molecule has 94 valence electrons. The van der Waals surface area contributed by atoms with Gasteiger partial charge in [0.2, 0.25) is 5.88 Å². The third-order valence-corrected chi connectivity index (χ3v) is 1.91. The molecule has 0 aromatic carbocycles. The average Bonchev–Trinajstić information content (AvgIpc) is 2.26. The van der Waals surface area contributed by atoms with E-state index in [0.29, 0.717) is 11.4 Å². The number of carbonyl (C=O) groups is 1. The minimum atomic E-state index is -0.560. The van der Waals surface area contributed by atoms with E-state index in [1.165, 1.54) is 6.20 Å². The van der Waals surface area contributed by atoms with Gasteiger partial charge < -0.3 is 15.2 Å². The molecule has 0 saturated heterocycles. The smallest absolute Gasteiger partial charge is 0.252 e. The number of nitrogens with one attached hydrogen (secondary N) is 1. The second-order valence-corrected chi connectivity index (χ2v) is 4.11. The number of hydrogen-bond acceptors (Lipinski definition) is 4. The van der Waals surface area contributed by atoms with Crippen LogP contribution >= 0.6 is 0 Å². The van der Waals surface area contributed by atoms with Gasteiger partial charge in [-0.05, 0) is 26.8 Å². The molecule has 5 heteroatoms. The van der Waals surface area contributed by atoms with Crippen LogP contribution in [0.15, 0.2) is 18.3 Å². The summed E-state index contributed by atoms with van der Waals surface area (Å²) in [4.78, 5) is 15.6. The molecule has 1 heterocycles. The molecule has 1 aromatic heterocycles. The van der Waals surface area contributed by atoms with Gasteiger partial charge in [0.25, 0.3) is 5.91 Å². The Labute approximate surface area is 101 Å². The minimum absolute atomic E-state index is 0.0532. The fraction of sp³-hybridized carbons (Fsp3) is 0.500. The fourth-order valence-electron chi connectivity index (χ4n) is 1.17. The molecule has 0 bridgehead atoms. The van der Waals surface area contributed by atoms with E-state index in [1.54, 1.807) is 19.1 Å². The van der Waals surface area contributed by atoms with E-state index in [-0.39, 0.29) is 18.6 Å². The van der Waals surface area contributed by atoms with Crippen molar-refractivity contribution in [2.24, 2.45) is 0 Å². The highest BCUT2D eigenvalue weighted by Crippen LogP contribution is 2.09. The number of pyridine rings is 1. The number of aromatic nitrogens is 1. The maximum Gasteiger partial charge on any atom is 0.252 e. The normalized spacial score (nSPS) is 12.3. The van der Waals surface area contributed by atoms with Gasteiger partial charge >= 0.3 is 0 Å². The lowest BCUT2D eigenvalue weighted by molar-refractivity contribution is 0.0923. The summed E-state index contributed by atoms with van der Waals surface area (Å²) >= 11 is 0. The van der Waals surface area contributed by atoms with Crippen molar-refractivity contribution in [2.75, 3.05) is 6.54 Å². The second kappa shape index (κ2) is 6.20. The Morgan fingerprint density at radius 2 is 2.18 bits per heavy atom. The molecule has 0 aliphatic carbocycles. The van der Waals surface area contributed by atoms with Crippen molar-refractivity contribution in [3.8, 4) is 5.88 Å². The van der Waals surface area contributed by atoms with Gasteiger partial charge in [-0.15, -0.1) is 0 Å². The Morgan fingerprint density at radius 3 is 2.65 bits per heavy atom. The first-order valence-electron chi connectivity index (χ1n) is 5.58. The summed E-state index contributed by atoms with van der Waals surface area (Å²) in [6.07, 6.45) is 0.947. The molecule has 1 unspecified atom stereocenters. The molecule has 0 spiro atoms. The van der Waals surface area contributed by atoms with Crippen molar-refractivity contribution < 1.29 is 14.6 Å². The summed E-state index contributed by atoms with van der Waals surface area (Å²) in [5.41, 5.74) is 0.446. The van der Waals surface area contributed by atoms with Crippen LogP contribution in [0.5, 0.6) is 5.88 Å². The molecule has 2 N–H and O–H groups in total. The lowest BCUT2D eigenvalue weighted by Crippen LogP contribution is -2.30. The molecule has 0 saturated carbocycles. The molecule has 1 amide bonds. The Bertz CT molecular complexity index is 361. The van der Waals surface area contributed by atoms with Gasteiger partial charge in [0.1, 0.15) is 0 Å². The second-order valence-electron chi connectivity index (χ2n) is 4.11. The molecular weight excluding hydrogens is 220 g/mol. The molecule has 0 aliphatic rings. The molecule has 5 nitrogen and oxygen atoms in total. The monoisotopic (exact) mass is 238 g/mol. The summed E-state index contributed by atoms with van der Waals surface area (Å²) in [6, 6.07) is 3.29. The van der Waals surface area contributed by atoms with Gasteiger partial charge in [0.15, 0.2) is 0 Å². The summed E-state index contributed by atoms with van der Waals surface area (Å²) < 4.78 is 5.36. The Balaban J connectivity index is 2.57. The van der Waals surface area contributed by atoms with E-state index in [0.717, 1.165) is 0 Å². The van der Waals surface area contributed by atoms with Gasteiger partial charge in [-0.2, -0.15) is 0 Å². The van der Waals surface area contributed by atoms with Crippen LogP contribution in [0.25, 0.3) is 0 Å². The number of aliphatic hydroxyl groups excluding tert-OH is 1. The summed E-state index contributed by atoms with van der Waals surface area (Å²) in [7, 11) is 0. The predicted octanol–water partition coefficient (Wildman–Crippen LogP) is 0.979. The van der Waals surface area contributed by atoms with Crippen molar-refractivity contribution in [1.82, 2.24) is 10.3 Å². The number of aliphatic hydroxyl groups is 1. The average molecular weight is 238 g/mol. The highest BCUT2D eigenvalue weighted by atomic mass is 16.5. The molecule has 0 aliphatic heterocycles. The van der Waals surface area contributed by atoms with Gasteiger partial charge in [-0.25, -0.2) is 4.98 Å².